The summed E-state index contributed by atoms with van der Waals surface area (Å²) in [7, 11) is 0. The first-order chi connectivity index (χ1) is 9.10. The van der Waals surface area contributed by atoms with Gasteiger partial charge in [-0.15, -0.1) is 0 Å². The molecule has 1 N–H and O–H groups in total. The first-order valence-electron chi connectivity index (χ1n) is 7.08. The second kappa shape index (κ2) is 7.77. The summed E-state index contributed by atoms with van der Waals surface area (Å²) in [4.78, 5) is 10.6. The number of unbranched alkanes of at least 4 members (excludes halogenated alkanes) is 1. The lowest BCUT2D eigenvalue weighted by molar-refractivity contribution is -0.385. The van der Waals surface area contributed by atoms with Crippen molar-refractivity contribution in [1.82, 2.24) is 0 Å². The molecule has 0 aliphatic rings. The molecule has 0 aliphatic carbocycles. The summed E-state index contributed by atoms with van der Waals surface area (Å²) in [5, 5.41) is 14.3. The summed E-state index contributed by atoms with van der Waals surface area (Å²) in [6.45, 7) is 7.08. The zero-order chi connectivity index (χ0) is 14.3. The van der Waals surface area contributed by atoms with E-state index >= 15 is 0 Å². The maximum Gasteiger partial charge on any atom is 0.274 e. The van der Waals surface area contributed by atoms with Gasteiger partial charge in [0.15, 0.2) is 0 Å². The van der Waals surface area contributed by atoms with E-state index < -0.39 is 0 Å². The number of hydrogen-bond donors (Lipinski definition) is 1. The minimum absolute atomic E-state index is 0.187. The topological polar surface area (TPSA) is 55.2 Å². The monoisotopic (exact) mass is 264 g/mol. The summed E-state index contributed by atoms with van der Waals surface area (Å²) >= 11 is 0. The number of rotatable bonds is 8. The fraction of sp³-hybridized carbons (Fsp3) is 0.600. The van der Waals surface area contributed by atoms with Crippen LogP contribution in [-0.4, -0.2) is 11.5 Å². The first-order valence-corrected chi connectivity index (χ1v) is 7.08. The zero-order valence-electron chi connectivity index (χ0n) is 12.1. The molecule has 0 spiro atoms. The van der Waals surface area contributed by atoms with Crippen LogP contribution in [0.4, 0.5) is 11.4 Å². The van der Waals surface area contributed by atoms with Crippen molar-refractivity contribution in [3.05, 3.63) is 33.9 Å². The predicted molar refractivity (Wildman–Crippen MR) is 79.6 cm³/mol. The van der Waals surface area contributed by atoms with Crippen LogP contribution < -0.4 is 5.32 Å². The smallest absolute Gasteiger partial charge is 0.274 e. The summed E-state index contributed by atoms with van der Waals surface area (Å²) < 4.78 is 0. The van der Waals surface area contributed by atoms with Gasteiger partial charge in [-0.3, -0.25) is 10.1 Å². The molecular weight excluding hydrogens is 240 g/mol. The zero-order valence-corrected chi connectivity index (χ0v) is 12.1. The van der Waals surface area contributed by atoms with Crippen molar-refractivity contribution in [3.63, 3.8) is 0 Å². The number of hydrogen-bond acceptors (Lipinski definition) is 3. The highest BCUT2D eigenvalue weighted by molar-refractivity contribution is 5.59. The lowest BCUT2D eigenvalue weighted by Crippen LogP contribution is -2.14. The SMILES string of the molecule is CCCCC(CC)CNc1cccc([N+](=O)[O-])c1C. The number of nitro benzene ring substituents is 1. The third-order valence-corrected chi connectivity index (χ3v) is 3.63. The molecule has 0 aromatic heterocycles. The van der Waals surface area contributed by atoms with E-state index in [1.165, 1.54) is 19.3 Å². The Bertz CT molecular complexity index is 419. The molecule has 1 atom stereocenters. The van der Waals surface area contributed by atoms with Crippen molar-refractivity contribution < 1.29 is 4.92 Å². The second-order valence-electron chi connectivity index (χ2n) is 5.00. The van der Waals surface area contributed by atoms with Crippen LogP contribution >= 0.6 is 0 Å². The highest BCUT2D eigenvalue weighted by atomic mass is 16.6. The van der Waals surface area contributed by atoms with Gasteiger partial charge in [0.05, 0.1) is 4.92 Å². The molecule has 4 nitrogen and oxygen atoms in total. The lowest BCUT2D eigenvalue weighted by Gasteiger charge is -2.17. The molecule has 19 heavy (non-hydrogen) atoms. The fourth-order valence-electron chi connectivity index (χ4n) is 2.21. The summed E-state index contributed by atoms with van der Waals surface area (Å²) in [6.07, 6.45) is 4.81. The maximum atomic E-state index is 10.9. The Morgan fingerprint density at radius 2 is 2.11 bits per heavy atom. The van der Waals surface area contributed by atoms with Crippen LogP contribution in [-0.2, 0) is 0 Å². The van der Waals surface area contributed by atoms with Gasteiger partial charge in [-0.05, 0) is 25.3 Å². The molecular formula is C15H24N2O2. The van der Waals surface area contributed by atoms with Crippen molar-refractivity contribution in [2.45, 2.75) is 46.5 Å². The van der Waals surface area contributed by atoms with E-state index in [-0.39, 0.29) is 10.6 Å². The van der Waals surface area contributed by atoms with Crippen LogP contribution in [0.3, 0.4) is 0 Å². The largest absolute Gasteiger partial charge is 0.384 e. The van der Waals surface area contributed by atoms with Gasteiger partial charge in [0.1, 0.15) is 0 Å². The normalized spacial score (nSPS) is 12.2. The highest BCUT2D eigenvalue weighted by Gasteiger charge is 2.13. The van der Waals surface area contributed by atoms with E-state index in [0.717, 1.165) is 24.2 Å². The lowest BCUT2D eigenvalue weighted by atomic mass is 9.99. The average Bonchev–Trinajstić information content (AvgIpc) is 2.40. The van der Waals surface area contributed by atoms with E-state index in [9.17, 15) is 10.1 Å². The highest BCUT2D eigenvalue weighted by Crippen LogP contribution is 2.25. The van der Waals surface area contributed by atoms with Gasteiger partial charge in [-0.2, -0.15) is 0 Å². The molecule has 0 saturated heterocycles. The van der Waals surface area contributed by atoms with Gasteiger partial charge in [0.25, 0.3) is 5.69 Å². The standard InChI is InChI=1S/C15H24N2O2/c1-4-6-8-13(5-2)11-16-14-9-7-10-15(12(14)3)17(18)19/h7,9-10,13,16H,4-6,8,11H2,1-3H3. The molecule has 1 aromatic rings. The minimum atomic E-state index is -0.325. The van der Waals surface area contributed by atoms with E-state index in [1.807, 2.05) is 6.07 Å². The van der Waals surface area contributed by atoms with Crippen LogP contribution in [0.15, 0.2) is 18.2 Å². The fourth-order valence-corrected chi connectivity index (χ4v) is 2.21. The Morgan fingerprint density at radius 1 is 1.37 bits per heavy atom. The van der Waals surface area contributed by atoms with Crippen LogP contribution in [0, 0.1) is 23.0 Å². The van der Waals surface area contributed by atoms with Crippen molar-refractivity contribution in [2.24, 2.45) is 5.92 Å². The number of benzene rings is 1. The minimum Gasteiger partial charge on any atom is -0.384 e. The third kappa shape index (κ3) is 4.54. The van der Waals surface area contributed by atoms with Gasteiger partial charge >= 0.3 is 0 Å². The van der Waals surface area contributed by atoms with Crippen molar-refractivity contribution >= 4 is 11.4 Å². The molecule has 106 valence electrons. The second-order valence-corrected chi connectivity index (χ2v) is 5.00. The van der Waals surface area contributed by atoms with Gasteiger partial charge in [0.2, 0.25) is 0 Å². The van der Waals surface area contributed by atoms with Crippen LogP contribution in [0.2, 0.25) is 0 Å². The molecule has 0 bridgehead atoms. The molecule has 0 fully saturated rings. The van der Waals surface area contributed by atoms with Gasteiger partial charge in [0, 0.05) is 23.9 Å². The van der Waals surface area contributed by atoms with Crippen molar-refractivity contribution in [2.75, 3.05) is 11.9 Å². The molecule has 4 heteroatoms. The Hall–Kier alpha value is -1.58. The summed E-state index contributed by atoms with van der Waals surface area (Å²) in [6, 6.07) is 5.20. The Labute approximate surface area is 115 Å². The van der Waals surface area contributed by atoms with E-state index in [0.29, 0.717) is 5.92 Å². The third-order valence-electron chi connectivity index (χ3n) is 3.63. The van der Waals surface area contributed by atoms with E-state index in [1.54, 1.807) is 19.1 Å². The Balaban J connectivity index is 2.66. The first kappa shape index (κ1) is 15.5. The van der Waals surface area contributed by atoms with Crippen molar-refractivity contribution in [3.8, 4) is 0 Å². The maximum absolute atomic E-state index is 10.9. The summed E-state index contributed by atoms with van der Waals surface area (Å²) in [5.74, 6) is 0.638. The molecule has 0 aliphatic heterocycles. The van der Waals surface area contributed by atoms with Crippen LogP contribution in [0.1, 0.15) is 45.1 Å². The molecule has 1 rings (SSSR count). The molecule has 1 unspecified atom stereocenters. The Kier molecular flexibility index (Phi) is 6.33. The molecule has 0 amide bonds. The number of nitrogens with one attached hydrogen (secondary N) is 1. The number of nitrogens with zero attached hydrogens (tertiary/aromatic N) is 1. The van der Waals surface area contributed by atoms with Gasteiger partial charge in [-0.25, -0.2) is 0 Å². The molecule has 1 aromatic carbocycles. The average molecular weight is 264 g/mol. The summed E-state index contributed by atoms with van der Waals surface area (Å²) in [5.41, 5.74) is 1.79. The quantitative estimate of drug-likeness (QED) is 0.554. The van der Waals surface area contributed by atoms with Gasteiger partial charge in [-0.1, -0.05) is 39.2 Å². The molecule has 0 radical (unpaired) electrons. The van der Waals surface area contributed by atoms with Gasteiger partial charge < -0.3 is 5.32 Å². The van der Waals surface area contributed by atoms with Crippen molar-refractivity contribution in [1.29, 1.82) is 0 Å². The van der Waals surface area contributed by atoms with Crippen LogP contribution in [0.5, 0.6) is 0 Å². The van der Waals surface area contributed by atoms with E-state index in [4.69, 9.17) is 0 Å². The predicted octanol–water partition coefficient (Wildman–Crippen LogP) is 4.53. The Morgan fingerprint density at radius 3 is 2.68 bits per heavy atom. The molecule has 0 saturated carbocycles. The number of nitro groups is 1. The van der Waals surface area contributed by atoms with Crippen LogP contribution in [0.25, 0.3) is 0 Å². The number of anilines is 1. The van der Waals surface area contributed by atoms with E-state index in [2.05, 4.69) is 19.2 Å². The molecule has 0 heterocycles.